The molecule has 1 aromatic carbocycles. The van der Waals surface area contributed by atoms with Crippen molar-refractivity contribution in [3.8, 4) is 5.75 Å². The molecule has 3 aromatic rings. The van der Waals surface area contributed by atoms with E-state index in [0.29, 0.717) is 57.7 Å². The van der Waals surface area contributed by atoms with Gasteiger partial charge in [0, 0.05) is 35.2 Å². The molecule has 160 valence electrons. The van der Waals surface area contributed by atoms with E-state index in [4.69, 9.17) is 34.4 Å². The number of carbonyl (C=O) groups excluding carboxylic acids is 1. The molecule has 3 heterocycles. The number of ether oxygens (including phenoxy) is 1. The molecule has 2 amide bonds. The van der Waals surface area contributed by atoms with Crippen LogP contribution in [0, 0.1) is 13.5 Å². The zero-order valence-corrected chi connectivity index (χ0v) is 18.0. The van der Waals surface area contributed by atoms with E-state index in [-0.39, 0.29) is 12.0 Å². The van der Waals surface area contributed by atoms with Crippen LogP contribution in [0.1, 0.15) is 35.7 Å². The number of likely N-dealkylation sites (tertiary alicyclic amines) is 1. The van der Waals surface area contributed by atoms with Crippen LogP contribution in [0.25, 0.3) is 15.9 Å². The molecule has 11 heteroatoms. The Kier molecular flexibility index (Phi) is 5.07. The number of methoxy groups -OCH3 is 1. The summed E-state index contributed by atoms with van der Waals surface area (Å²) in [6, 6.07) is 0.898. The van der Waals surface area contributed by atoms with Crippen LogP contribution >= 0.6 is 11.6 Å². The van der Waals surface area contributed by atoms with E-state index in [1.165, 1.54) is 11.2 Å². The summed E-state index contributed by atoms with van der Waals surface area (Å²) in [7, 11) is 1.55. The van der Waals surface area contributed by atoms with E-state index in [2.05, 4.69) is 19.9 Å². The lowest BCUT2D eigenvalue weighted by atomic mass is 9.87. The number of nitrogen functional groups attached to an aromatic ring is 1. The molecule has 0 spiro atoms. The van der Waals surface area contributed by atoms with Crippen molar-refractivity contribution >= 4 is 40.2 Å². The third-order valence-electron chi connectivity index (χ3n) is 5.70. The van der Waals surface area contributed by atoms with E-state index in [0.717, 1.165) is 5.56 Å². The first-order valence-electron chi connectivity index (χ1n) is 9.55. The maximum atomic E-state index is 11.4. The molecule has 0 radical (unpaired) electrons. The number of nitrogens with zero attached hydrogens (tertiary/aromatic N) is 6. The fourth-order valence-electron chi connectivity index (χ4n) is 4.10. The lowest BCUT2D eigenvalue weighted by Crippen LogP contribution is -2.50. The van der Waals surface area contributed by atoms with Crippen LogP contribution in [0.3, 0.4) is 0 Å². The molecule has 10 nitrogen and oxygen atoms in total. The standard InChI is InChI=1S/C20H21ClN8O2/c1-9-14-18(22)25-8-26-19(14)29(27-9)10(2)12-5-13(21)16(24-3)15(17(12)31-4)11-6-28(7-11)20(23)30/h5,8,10-11H,6-7H2,1-2,4H3,(H2,23,30)(H2,22,25,26). The number of rotatable bonds is 4. The van der Waals surface area contributed by atoms with E-state index >= 15 is 0 Å². The number of aromatic nitrogens is 4. The fourth-order valence-corrected chi connectivity index (χ4v) is 4.37. The van der Waals surface area contributed by atoms with Crippen LogP contribution < -0.4 is 16.2 Å². The molecular formula is C20H21ClN8O2. The molecule has 4 N–H and O–H groups in total. The van der Waals surface area contributed by atoms with Gasteiger partial charge < -0.3 is 21.1 Å². The van der Waals surface area contributed by atoms with Gasteiger partial charge in [0.2, 0.25) is 5.69 Å². The van der Waals surface area contributed by atoms with Crippen LogP contribution in [0.4, 0.5) is 16.3 Å². The third kappa shape index (κ3) is 3.18. The molecule has 0 bridgehead atoms. The topological polar surface area (TPSA) is 130 Å². The molecule has 1 aliphatic heterocycles. The minimum absolute atomic E-state index is 0.106. The number of fused-ring (bicyclic) bond motifs is 1. The fraction of sp³-hybridized carbons (Fsp3) is 0.350. The van der Waals surface area contributed by atoms with Gasteiger partial charge in [-0.1, -0.05) is 11.6 Å². The first kappa shape index (κ1) is 20.7. The van der Waals surface area contributed by atoms with Crippen LogP contribution in [0.5, 0.6) is 5.75 Å². The highest BCUT2D eigenvalue weighted by molar-refractivity contribution is 6.33. The summed E-state index contributed by atoms with van der Waals surface area (Å²) in [5.41, 5.74) is 14.4. The smallest absolute Gasteiger partial charge is 0.314 e. The average Bonchev–Trinajstić information content (AvgIpc) is 3.03. The normalized spacial score (nSPS) is 14.9. The monoisotopic (exact) mass is 440 g/mol. The van der Waals surface area contributed by atoms with Gasteiger partial charge >= 0.3 is 6.03 Å². The predicted octanol–water partition coefficient (Wildman–Crippen LogP) is 3.02. The minimum atomic E-state index is -0.494. The number of anilines is 1. The van der Waals surface area contributed by atoms with E-state index in [9.17, 15) is 4.79 Å². The molecule has 2 aromatic heterocycles. The average molecular weight is 441 g/mol. The first-order chi connectivity index (χ1) is 14.8. The van der Waals surface area contributed by atoms with Crippen molar-refractivity contribution in [2.24, 2.45) is 5.73 Å². The molecule has 0 saturated carbocycles. The lowest BCUT2D eigenvalue weighted by molar-refractivity contribution is 0.159. The molecule has 4 rings (SSSR count). The summed E-state index contributed by atoms with van der Waals surface area (Å²) < 4.78 is 7.52. The SMILES string of the molecule is [C-]#[N+]c1c(Cl)cc(C(C)n2nc(C)c3c(N)ncnc32)c(OC)c1C1CN(C(N)=O)C1. The van der Waals surface area contributed by atoms with Crippen molar-refractivity contribution in [1.82, 2.24) is 24.6 Å². The summed E-state index contributed by atoms with van der Waals surface area (Å²) in [4.78, 5) is 25.0. The van der Waals surface area contributed by atoms with E-state index in [1.54, 1.807) is 17.9 Å². The number of carbonyl (C=O) groups is 1. The Morgan fingerprint density at radius 3 is 2.74 bits per heavy atom. The summed E-state index contributed by atoms with van der Waals surface area (Å²) in [5, 5.41) is 5.63. The summed E-state index contributed by atoms with van der Waals surface area (Å²) >= 11 is 6.52. The van der Waals surface area contributed by atoms with Crippen LogP contribution in [0.15, 0.2) is 12.4 Å². The largest absolute Gasteiger partial charge is 0.497 e. The highest BCUT2D eigenvalue weighted by Crippen LogP contribution is 2.48. The van der Waals surface area contributed by atoms with Crippen molar-refractivity contribution in [3.05, 3.63) is 45.7 Å². The Bertz CT molecular complexity index is 1240. The van der Waals surface area contributed by atoms with Crippen molar-refractivity contribution in [2.45, 2.75) is 25.8 Å². The van der Waals surface area contributed by atoms with Gasteiger partial charge in [-0.25, -0.2) is 24.3 Å². The Morgan fingerprint density at radius 2 is 2.13 bits per heavy atom. The van der Waals surface area contributed by atoms with Gasteiger partial charge in [-0.05, 0) is 19.9 Å². The van der Waals surface area contributed by atoms with Gasteiger partial charge in [-0.2, -0.15) is 5.10 Å². The van der Waals surface area contributed by atoms with Crippen molar-refractivity contribution < 1.29 is 9.53 Å². The second-order valence-corrected chi connectivity index (χ2v) is 7.87. The summed E-state index contributed by atoms with van der Waals surface area (Å²) in [6.07, 6.45) is 1.40. The van der Waals surface area contributed by atoms with Crippen molar-refractivity contribution in [2.75, 3.05) is 25.9 Å². The number of hydrogen-bond donors (Lipinski definition) is 2. The van der Waals surface area contributed by atoms with Gasteiger partial charge in [-0.15, -0.1) is 0 Å². The Labute approximate surface area is 183 Å². The van der Waals surface area contributed by atoms with E-state index < -0.39 is 6.03 Å². The second kappa shape index (κ2) is 7.59. The quantitative estimate of drug-likeness (QED) is 0.600. The molecule has 1 atom stereocenters. The highest BCUT2D eigenvalue weighted by Gasteiger charge is 2.36. The number of nitrogens with two attached hydrogens (primary N) is 2. The Balaban J connectivity index is 1.87. The van der Waals surface area contributed by atoms with Crippen LogP contribution in [-0.2, 0) is 0 Å². The number of amides is 2. The molecule has 1 unspecified atom stereocenters. The van der Waals surface area contributed by atoms with Gasteiger partial charge in [-0.3, -0.25) is 0 Å². The Morgan fingerprint density at radius 1 is 1.42 bits per heavy atom. The second-order valence-electron chi connectivity index (χ2n) is 7.46. The van der Waals surface area contributed by atoms with Gasteiger partial charge in [0.05, 0.1) is 30.8 Å². The summed E-state index contributed by atoms with van der Waals surface area (Å²) in [6.45, 7) is 12.2. The van der Waals surface area contributed by atoms with Gasteiger partial charge in [0.15, 0.2) is 5.65 Å². The van der Waals surface area contributed by atoms with E-state index in [1.807, 2.05) is 13.8 Å². The Hall–Kier alpha value is -3.58. The molecule has 1 aliphatic rings. The van der Waals surface area contributed by atoms with Crippen molar-refractivity contribution in [1.29, 1.82) is 0 Å². The number of primary amides is 1. The first-order valence-corrected chi connectivity index (χ1v) is 9.93. The van der Waals surface area contributed by atoms with Crippen molar-refractivity contribution in [3.63, 3.8) is 0 Å². The number of urea groups is 1. The zero-order valence-electron chi connectivity index (χ0n) is 17.3. The number of benzene rings is 1. The van der Waals surface area contributed by atoms with Crippen LogP contribution in [-0.4, -0.2) is 50.9 Å². The summed E-state index contributed by atoms with van der Waals surface area (Å²) in [5.74, 6) is 0.793. The third-order valence-corrected chi connectivity index (χ3v) is 5.99. The van der Waals surface area contributed by atoms with Gasteiger partial charge in [0.25, 0.3) is 0 Å². The maximum absolute atomic E-state index is 11.4. The molecular weight excluding hydrogens is 420 g/mol. The lowest BCUT2D eigenvalue weighted by Gasteiger charge is -2.40. The molecule has 1 saturated heterocycles. The predicted molar refractivity (Wildman–Crippen MR) is 116 cm³/mol. The molecule has 31 heavy (non-hydrogen) atoms. The number of hydrogen-bond acceptors (Lipinski definition) is 6. The maximum Gasteiger partial charge on any atom is 0.314 e. The van der Waals surface area contributed by atoms with Crippen LogP contribution in [0.2, 0.25) is 5.02 Å². The zero-order chi connectivity index (χ0) is 22.4. The molecule has 0 aliphatic carbocycles. The number of aryl methyl sites for hydroxylation is 1. The number of halogens is 1. The molecule has 1 fully saturated rings. The minimum Gasteiger partial charge on any atom is -0.497 e. The van der Waals surface area contributed by atoms with Gasteiger partial charge in [0.1, 0.15) is 17.9 Å². The highest BCUT2D eigenvalue weighted by atomic mass is 35.5.